The number of hydrogen-bond acceptors (Lipinski definition) is 5. The van der Waals surface area contributed by atoms with E-state index in [1.54, 1.807) is 36.5 Å². The number of rotatable bonds is 2. The highest BCUT2D eigenvalue weighted by Gasteiger charge is 2.21. The molecule has 0 saturated heterocycles. The number of carbonyl (C=O) groups excluding carboxylic acids is 1. The molecule has 0 unspecified atom stereocenters. The van der Waals surface area contributed by atoms with E-state index in [9.17, 15) is 4.79 Å². The van der Waals surface area contributed by atoms with E-state index in [2.05, 4.69) is 26.7 Å². The molecule has 0 fully saturated rings. The number of halogens is 1. The largest absolute Gasteiger partial charge is 0.325 e. The van der Waals surface area contributed by atoms with E-state index in [1.807, 2.05) is 12.1 Å². The first-order chi connectivity index (χ1) is 12.6. The molecule has 2 aromatic carbocycles. The predicted molar refractivity (Wildman–Crippen MR) is 99.3 cm³/mol. The van der Waals surface area contributed by atoms with E-state index in [4.69, 9.17) is 16.9 Å². The Morgan fingerprint density at radius 1 is 1.23 bits per heavy atom. The van der Waals surface area contributed by atoms with Gasteiger partial charge >= 0.3 is 0 Å². The Hall–Kier alpha value is -3.43. The van der Waals surface area contributed by atoms with Crippen molar-refractivity contribution in [2.45, 2.75) is 6.42 Å². The van der Waals surface area contributed by atoms with E-state index in [0.29, 0.717) is 33.6 Å². The number of amides is 1. The van der Waals surface area contributed by atoms with Gasteiger partial charge in [-0.1, -0.05) is 17.7 Å². The molecule has 4 rings (SSSR count). The van der Waals surface area contributed by atoms with E-state index in [1.165, 1.54) is 0 Å². The predicted octanol–water partition coefficient (Wildman–Crippen LogP) is 3.91. The van der Waals surface area contributed by atoms with Crippen LogP contribution in [0.4, 0.5) is 17.3 Å². The van der Waals surface area contributed by atoms with Crippen molar-refractivity contribution in [2.75, 3.05) is 10.6 Å². The second-order valence-electron chi connectivity index (χ2n) is 5.80. The number of fused-ring (bicyclic) bond motifs is 3. The van der Waals surface area contributed by atoms with Gasteiger partial charge in [0.05, 0.1) is 29.4 Å². The molecule has 3 aromatic rings. The summed E-state index contributed by atoms with van der Waals surface area (Å²) in [5.41, 5.74) is 4.07. The molecule has 1 amide bonds. The summed E-state index contributed by atoms with van der Waals surface area (Å²) in [7, 11) is 0. The maximum Gasteiger partial charge on any atom is 0.228 e. The lowest BCUT2D eigenvalue weighted by atomic mass is 10.1. The molecule has 0 aliphatic carbocycles. The molecule has 0 spiro atoms. The number of anilines is 3. The molecule has 0 atom stereocenters. The van der Waals surface area contributed by atoms with Crippen LogP contribution >= 0.6 is 11.6 Å². The average Bonchev–Trinajstić information content (AvgIpc) is 2.76. The maximum absolute atomic E-state index is 12.1. The van der Waals surface area contributed by atoms with Gasteiger partial charge in [-0.15, -0.1) is 0 Å². The average molecular weight is 362 g/mol. The first-order valence-corrected chi connectivity index (χ1v) is 8.23. The van der Waals surface area contributed by atoms with Crippen LogP contribution in [0.3, 0.4) is 0 Å². The fourth-order valence-electron chi connectivity index (χ4n) is 2.82. The van der Waals surface area contributed by atoms with Crippen molar-refractivity contribution < 1.29 is 4.79 Å². The lowest BCUT2D eigenvalue weighted by Gasteiger charge is -2.11. The Morgan fingerprint density at radius 2 is 2.12 bits per heavy atom. The lowest BCUT2D eigenvalue weighted by Crippen LogP contribution is -2.12. The summed E-state index contributed by atoms with van der Waals surface area (Å²) in [5.74, 6) is 0.243. The van der Waals surface area contributed by atoms with Crippen molar-refractivity contribution in [3.05, 3.63) is 64.8 Å². The Morgan fingerprint density at radius 3 is 2.96 bits per heavy atom. The molecule has 26 heavy (non-hydrogen) atoms. The molecule has 6 nitrogen and oxygen atoms in total. The molecule has 126 valence electrons. The summed E-state index contributed by atoms with van der Waals surface area (Å²) in [6.07, 6.45) is 1.83. The summed E-state index contributed by atoms with van der Waals surface area (Å²) in [6, 6.07) is 14.4. The smallest absolute Gasteiger partial charge is 0.228 e. The highest BCUT2D eigenvalue weighted by molar-refractivity contribution is 6.31. The molecular formula is C19H12ClN5O. The van der Waals surface area contributed by atoms with Crippen molar-refractivity contribution in [3.63, 3.8) is 0 Å². The molecule has 1 aliphatic heterocycles. The molecule has 0 radical (unpaired) electrons. The van der Waals surface area contributed by atoms with Gasteiger partial charge in [-0.3, -0.25) is 4.79 Å². The van der Waals surface area contributed by atoms with Crippen LogP contribution in [0.2, 0.25) is 5.02 Å². The topological polar surface area (TPSA) is 90.7 Å². The summed E-state index contributed by atoms with van der Waals surface area (Å²) in [4.78, 5) is 21.0. The Bertz CT molecular complexity index is 1070. The quantitative estimate of drug-likeness (QED) is 0.722. The summed E-state index contributed by atoms with van der Waals surface area (Å²) >= 11 is 6.05. The van der Waals surface area contributed by atoms with Crippen molar-refractivity contribution >= 4 is 34.8 Å². The van der Waals surface area contributed by atoms with Gasteiger partial charge in [0.1, 0.15) is 0 Å². The van der Waals surface area contributed by atoms with Crippen molar-refractivity contribution in [1.82, 2.24) is 9.97 Å². The highest BCUT2D eigenvalue weighted by atomic mass is 35.5. The second-order valence-corrected chi connectivity index (χ2v) is 6.24. The SMILES string of the molecule is N#Cc1cccc(Nc2ncc3c(n2)-c2ccc(Cl)cc2NC(=O)C3)c1. The third-order valence-corrected chi connectivity index (χ3v) is 4.21. The minimum Gasteiger partial charge on any atom is -0.325 e. The Kier molecular flexibility index (Phi) is 3.99. The molecule has 0 bridgehead atoms. The molecule has 1 aromatic heterocycles. The first kappa shape index (κ1) is 16.1. The summed E-state index contributed by atoms with van der Waals surface area (Å²) in [6.45, 7) is 0. The minimum atomic E-state index is -0.140. The van der Waals surface area contributed by atoms with Crippen molar-refractivity contribution in [3.8, 4) is 17.3 Å². The highest BCUT2D eigenvalue weighted by Crippen LogP contribution is 2.34. The van der Waals surface area contributed by atoms with E-state index in [0.717, 1.165) is 11.1 Å². The monoisotopic (exact) mass is 361 g/mol. The molecule has 2 N–H and O–H groups in total. The summed E-state index contributed by atoms with van der Waals surface area (Å²) in [5, 5.41) is 15.5. The molecule has 2 heterocycles. The zero-order chi connectivity index (χ0) is 18.1. The van der Waals surface area contributed by atoms with Gasteiger partial charge in [0, 0.05) is 28.0 Å². The van der Waals surface area contributed by atoms with Gasteiger partial charge in [0.15, 0.2) is 0 Å². The van der Waals surface area contributed by atoms with Gasteiger partial charge in [0.2, 0.25) is 11.9 Å². The van der Waals surface area contributed by atoms with Crippen LogP contribution in [0, 0.1) is 11.3 Å². The molecule has 7 heteroatoms. The lowest BCUT2D eigenvalue weighted by molar-refractivity contribution is -0.115. The molecule has 1 aliphatic rings. The first-order valence-electron chi connectivity index (χ1n) is 7.85. The fraction of sp³-hybridized carbons (Fsp3) is 0.0526. The molecule has 0 saturated carbocycles. The van der Waals surface area contributed by atoms with Crippen LogP contribution in [0.5, 0.6) is 0 Å². The van der Waals surface area contributed by atoms with Gasteiger partial charge < -0.3 is 10.6 Å². The summed E-state index contributed by atoms with van der Waals surface area (Å²) < 4.78 is 0. The van der Waals surface area contributed by atoms with Crippen LogP contribution in [-0.4, -0.2) is 15.9 Å². The van der Waals surface area contributed by atoms with Crippen LogP contribution in [0.25, 0.3) is 11.3 Å². The number of carbonyl (C=O) groups is 1. The van der Waals surface area contributed by atoms with Gasteiger partial charge in [-0.2, -0.15) is 5.26 Å². The third-order valence-electron chi connectivity index (χ3n) is 3.97. The second kappa shape index (κ2) is 6.47. The number of nitriles is 1. The standard InChI is InChI=1S/C19H12ClN5O/c20-13-4-5-15-16(8-13)24-17(26)7-12-10-22-19(25-18(12)15)23-14-3-1-2-11(6-14)9-21/h1-6,8,10H,7H2,(H,24,26)(H,22,23,25). The van der Waals surface area contributed by atoms with Crippen LogP contribution in [-0.2, 0) is 11.2 Å². The van der Waals surface area contributed by atoms with Crippen LogP contribution < -0.4 is 10.6 Å². The minimum absolute atomic E-state index is 0.140. The van der Waals surface area contributed by atoms with Crippen LogP contribution in [0.1, 0.15) is 11.1 Å². The number of nitrogens with zero attached hydrogens (tertiary/aromatic N) is 3. The zero-order valence-corrected chi connectivity index (χ0v) is 14.2. The maximum atomic E-state index is 12.1. The number of nitrogens with one attached hydrogen (secondary N) is 2. The number of aromatic nitrogens is 2. The van der Waals surface area contributed by atoms with Gasteiger partial charge in [-0.25, -0.2) is 9.97 Å². The fourth-order valence-corrected chi connectivity index (χ4v) is 2.99. The number of benzene rings is 2. The van der Waals surface area contributed by atoms with E-state index >= 15 is 0 Å². The van der Waals surface area contributed by atoms with Gasteiger partial charge in [-0.05, 0) is 36.4 Å². The van der Waals surface area contributed by atoms with E-state index < -0.39 is 0 Å². The molecular weight excluding hydrogens is 350 g/mol. The van der Waals surface area contributed by atoms with Crippen molar-refractivity contribution in [2.24, 2.45) is 0 Å². The normalized spacial score (nSPS) is 12.2. The Balaban J connectivity index is 1.77. The zero-order valence-electron chi connectivity index (χ0n) is 13.5. The van der Waals surface area contributed by atoms with Gasteiger partial charge in [0.25, 0.3) is 0 Å². The van der Waals surface area contributed by atoms with E-state index in [-0.39, 0.29) is 12.3 Å². The third kappa shape index (κ3) is 3.08. The Labute approximate surface area is 154 Å². The van der Waals surface area contributed by atoms with Crippen molar-refractivity contribution in [1.29, 1.82) is 5.26 Å². The number of hydrogen-bond donors (Lipinski definition) is 2. The van der Waals surface area contributed by atoms with Crippen LogP contribution in [0.15, 0.2) is 48.7 Å².